The van der Waals surface area contributed by atoms with Crippen molar-refractivity contribution in [2.24, 2.45) is 7.05 Å². The second-order valence-corrected chi connectivity index (χ2v) is 7.85. The molecule has 3 aromatic rings. The summed E-state index contributed by atoms with van der Waals surface area (Å²) in [5.74, 6) is -0.361. The number of carbonyl (C=O) groups excluding carboxylic acids is 2. The number of rotatable bonds is 4. The number of amides is 2. The summed E-state index contributed by atoms with van der Waals surface area (Å²) >= 11 is 0.755. The molecule has 0 aliphatic carbocycles. The lowest BCUT2D eigenvalue weighted by molar-refractivity contribution is -0.113. The van der Waals surface area contributed by atoms with Gasteiger partial charge in [0, 0.05) is 7.05 Å². The molecular formula is C22H19N3O5S. The number of phenolic OH excluding ortho intramolecular Hbond substituents is 1. The Morgan fingerprint density at radius 1 is 1.06 bits per heavy atom. The first-order valence-corrected chi connectivity index (χ1v) is 10.1. The molecule has 1 aromatic heterocycles. The fraction of sp³-hybridized carbons (Fsp3) is 0.136. The first-order chi connectivity index (χ1) is 14.8. The zero-order valence-electron chi connectivity index (χ0n) is 17.0. The van der Waals surface area contributed by atoms with E-state index in [0.717, 1.165) is 16.7 Å². The molecule has 1 fully saturated rings. The maximum absolute atomic E-state index is 13.2. The van der Waals surface area contributed by atoms with Gasteiger partial charge in [0.05, 0.1) is 23.4 Å². The lowest BCUT2D eigenvalue weighted by atomic mass is 10.2. The number of thioether (sulfide) groups is 1. The van der Waals surface area contributed by atoms with E-state index in [2.05, 4.69) is 0 Å². The fourth-order valence-corrected chi connectivity index (χ4v) is 4.23. The van der Waals surface area contributed by atoms with E-state index in [1.54, 1.807) is 55.1 Å². The highest BCUT2D eigenvalue weighted by atomic mass is 32.2. The number of phenols is 1. The van der Waals surface area contributed by atoms with Gasteiger partial charge in [0.1, 0.15) is 5.69 Å². The van der Waals surface area contributed by atoms with Crippen LogP contribution in [0.4, 0.5) is 10.5 Å². The Morgan fingerprint density at radius 3 is 2.45 bits per heavy atom. The fourth-order valence-electron chi connectivity index (χ4n) is 3.41. The smallest absolute Gasteiger partial charge is 0.298 e. The summed E-state index contributed by atoms with van der Waals surface area (Å²) < 4.78 is 8.12. The summed E-state index contributed by atoms with van der Waals surface area (Å²) in [6.45, 7) is 1.69. The van der Waals surface area contributed by atoms with Gasteiger partial charge in [0.15, 0.2) is 11.5 Å². The number of para-hydroxylation sites is 1. The molecule has 1 saturated heterocycles. The minimum absolute atomic E-state index is 0.0283. The maximum Gasteiger partial charge on any atom is 0.298 e. The molecule has 2 heterocycles. The summed E-state index contributed by atoms with van der Waals surface area (Å²) in [5.41, 5.74) is 1.26. The topological polar surface area (TPSA) is 93.8 Å². The SMILES string of the molecule is COc1cc(C=C2SC(=O)N(c3c(C)n(C)n(-c4ccccc4)c3=O)C2=O)ccc1O. The van der Waals surface area contributed by atoms with Crippen molar-refractivity contribution in [3.63, 3.8) is 0 Å². The molecule has 2 aromatic carbocycles. The molecule has 0 spiro atoms. The molecule has 9 heteroatoms. The van der Waals surface area contributed by atoms with Crippen molar-refractivity contribution in [1.82, 2.24) is 9.36 Å². The summed E-state index contributed by atoms with van der Waals surface area (Å²) in [6.07, 6.45) is 1.53. The van der Waals surface area contributed by atoms with Crippen molar-refractivity contribution in [1.29, 1.82) is 0 Å². The summed E-state index contributed by atoms with van der Waals surface area (Å²) in [7, 11) is 3.12. The highest BCUT2D eigenvalue weighted by Gasteiger charge is 2.40. The van der Waals surface area contributed by atoms with Crippen LogP contribution in [0.5, 0.6) is 11.5 Å². The number of carbonyl (C=O) groups is 2. The van der Waals surface area contributed by atoms with Crippen LogP contribution in [0.3, 0.4) is 0 Å². The molecule has 2 amide bonds. The van der Waals surface area contributed by atoms with Gasteiger partial charge in [0.25, 0.3) is 16.7 Å². The zero-order chi connectivity index (χ0) is 22.3. The van der Waals surface area contributed by atoms with E-state index in [0.29, 0.717) is 16.9 Å². The van der Waals surface area contributed by atoms with E-state index in [1.165, 1.54) is 23.9 Å². The Balaban J connectivity index is 1.76. The molecule has 1 aliphatic heterocycles. The van der Waals surface area contributed by atoms with Crippen LogP contribution in [0.2, 0.25) is 0 Å². The molecule has 1 aliphatic rings. The second kappa shape index (κ2) is 7.84. The van der Waals surface area contributed by atoms with Gasteiger partial charge in [-0.15, -0.1) is 0 Å². The number of aromatic hydroxyl groups is 1. The number of ether oxygens (including phenoxy) is 1. The monoisotopic (exact) mass is 437 g/mol. The minimum Gasteiger partial charge on any atom is -0.504 e. The Hall–Kier alpha value is -3.72. The van der Waals surface area contributed by atoms with Gasteiger partial charge in [0.2, 0.25) is 0 Å². The number of hydrogen-bond donors (Lipinski definition) is 1. The molecular weight excluding hydrogens is 418 g/mol. The van der Waals surface area contributed by atoms with Crippen molar-refractivity contribution in [2.45, 2.75) is 6.92 Å². The van der Waals surface area contributed by atoms with Crippen molar-refractivity contribution >= 4 is 34.7 Å². The van der Waals surface area contributed by atoms with E-state index in [1.807, 2.05) is 6.07 Å². The van der Waals surface area contributed by atoms with E-state index < -0.39 is 16.7 Å². The summed E-state index contributed by atoms with van der Waals surface area (Å²) in [4.78, 5) is 40.1. The van der Waals surface area contributed by atoms with Crippen LogP contribution in [0, 0.1) is 6.92 Å². The van der Waals surface area contributed by atoms with Crippen LogP contribution in [0.1, 0.15) is 11.3 Å². The first kappa shape index (κ1) is 20.5. The molecule has 0 unspecified atom stereocenters. The largest absolute Gasteiger partial charge is 0.504 e. The van der Waals surface area contributed by atoms with Gasteiger partial charge < -0.3 is 9.84 Å². The van der Waals surface area contributed by atoms with Crippen molar-refractivity contribution < 1.29 is 19.4 Å². The van der Waals surface area contributed by atoms with Crippen LogP contribution in [0.25, 0.3) is 11.8 Å². The van der Waals surface area contributed by atoms with Crippen molar-refractivity contribution in [3.8, 4) is 17.2 Å². The molecule has 8 nitrogen and oxygen atoms in total. The third kappa shape index (κ3) is 3.42. The van der Waals surface area contributed by atoms with E-state index >= 15 is 0 Å². The standard InChI is InChI=1S/C22H19N3O5S/c1-13-19(21(28)25(23(13)2)15-7-5-4-6-8-15)24-20(27)18(31-22(24)29)12-14-9-10-16(26)17(11-14)30-3/h4-12,26H,1-3H3. The summed E-state index contributed by atoms with van der Waals surface area (Å²) in [5, 5.41) is 9.20. The van der Waals surface area contributed by atoms with Gasteiger partial charge in [-0.2, -0.15) is 0 Å². The second-order valence-electron chi connectivity index (χ2n) is 6.86. The van der Waals surface area contributed by atoms with Crippen LogP contribution < -0.4 is 15.2 Å². The minimum atomic E-state index is -0.576. The number of nitrogens with zero attached hydrogens (tertiary/aromatic N) is 3. The van der Waals surface area contributed by atoms with Crippen LogP contribution >= 0.6 is 11.8 Å². The number of hydrogen-bond acceptors (Lipinski definition) is 6. The Morgan fingerprint density at radius 2 is 1.77 bits per heavy atom. The molecule has 4 rings (SSSR count). The number of methoxy groups -OCH3 is 1. The Bertz CT molecular complexity index is 1290. The average molecular weight is 437 g/mol. The molecule has 0 saturated carbocycles. The number of benzene rings is 2. The zero-order valence-corrected chi connectivity index (χ0v) is 17.8. The van der Waals surface area contributed by atoms with Crippen LogP contribution in [-0.4, -0.2) is 32.7 Å². The lowest BCUT2D eigenvalue weighted by Crippen LogP contribution is -2.33. The van der Waals surface area contributed by atoms with Crippen LogP contribution in [-0.2, 0) is 11.8 Å². The third-order valence-corrected chi connectivity index (χ3v) is 5.91. The number of aromatic nitrogens is 2. The first-order valence-electron chi connectivity index (χ1n) is 9.32. The van der Waals surface area contributed by atoms with Gasteiger partial charge in [-0.25, -0.2) is 9.58 Å². The van der Waals surface area contributed by atoms with Gasteiger partial charge in [-0.3, -0.25) is 19.1 Å². The average Bonchev–Trinajstić information content (AvgIpc) is 3.15. The molecule has 0 bridgehead atoms. The Labute approximate surface area is 181 Å². The highest BCUT2D eigenvalue weighted by molar-refractivity contribution is 8.19. The van der Waals surface area contributed by atoms with Crippen molar-refractivity contribution in [3.05, 3.63) is 75.0 Å². The quantitative estimate of drug-likeness (QED) is 0.629. The predicted molar refractivity (Wildman–Crippen MR) is 119 cm³/mol. The van der Waals surface area contributed by atoms with Gasteiger partial charge in [-0.05, 0) is 54.6 Å². The predicted octanol–water partition coefficient (Wildman–Crippen LogP) is 3.44. The highest BCUT2D eigenvalue weighted by Crippen LogP contribution is 2.37. The number of anilines is 1. The molecule has 0 radical (unpaired) electrons. The van der Waals surface area contributed by atoms with E-state index in [-0.39, 0.29) is 22.1 Å². The van der Waals surface area contributed by atoms with E-state index in [4.69, 9.17) is 4.74 Å². The van der Waals surface area contributed by atoms with E-state index in [9.17, 15) is 19.5 Å². The van der Waals surface area contributed by atoms with Crippen molar-refractivity contribution in [2.75, 3.05) is 12.0 Å². The normalized spacial score (nSPS) is 15.2. The third-order valence-electron chi connectivity index (χ3n) is 5.04. The van der Waals surface area contributed by atoms with Crippen LogP contribution in [0.15, 0.2) is 58.2 Å². The van der Waals surface area contributed by atoms with Gasteiger partial charge >= 0.3 is 0 Å². The lowest BCUT2D eigenvalue weighted by Gasteiger charge is -2.10. The Kier molecular flexibility index (Phi) is 5.20. The summed E-state index contributed by atoms with van der Waals surface area (Å²) in [6, 6.07) is 13.6. The molecule has 158 valence electrons. The maximum atomic E-state index is 13.2. The van der Waals surface area contributed by atoms with Gasteiger partial charge in [-0.1, -0.05) is 24.3 Å². The molecule has 31 heavy (non-hydrogen) atoms. The molecule has 0 atom stereocenters. The molecule has 1 N–H and O–H groups in total. The number of imide groups is 1.